The minimum atomic E-state index is -0.861. The number of anilines is 3. The molecule has 0 aliphatic rings. The van der Waals surface area contributed by atoms with Crippen molar-refractivity contribution in [1.82, 2.24) is 4.98 Å². The molecule has 2 N–H and O–H groups in total. The van der Waals surface area contributed by atoms with Gasteiger partial charge in [0.05, 0.1) is 5.69 Å². The fraction of sp³-hybridized carbons (Fsp3) is 0.154. The van der Waals surface area contributed by atoms with Gasteiger partial charge in [-0.2, -0.15) is 0 Å². The molecule has 0 saturated carbocycles. The van der Waals surface area contributed by atoms with E-state index in [-0.39, 0.29) is 11.6 Å². The molecule has 1 heterocycles. The third kappa shape index (κ3) is 3.22. The fourth-order valence-corrected chi connectivity index (χ4v) is 1.91. The highest BCUT2D eigenvalue weighted by atomic mass is 79.9. The molecule has 20 heavy (non-hydrogen) atoms. The summed E-state index contributed by atoms with van der Waals surface area (Å²) in [5.41, 5.74) is 0.297. The van der Waals surface area contributed by atoms with Crippen molar-refractivity contribution in [3.8, 4) is 0 Å². The Kier molecular flexibility index (Phi) is 4.49. The van der Waals surface area contributed by atoms with E-state index < -0.39 is 17.5 Å². The highest BCUT2D eigenvalue weighted by Gasteiger charge is 2.13. The van der Waals surface area contributed by atoms with Gasteiger partial charge in [-0.05, 0) is 41.1 Å². The van der Waals surface area contributed by atoms with Crippen molar-refractivity contribution in [3.05, 3.63) is 46.2 Å². The summed E-state index contributed by atoms with van der Waals surface area (Å²) < 4.78 is 40.8. The quantitative estimate of drug-likeness (QED) is 0.860. The molecule has 106 valence electrons. The second-order valence-corrected chi connectivity index (χ2v) is 4.78. The molecule has 0 amide bonds. The van der Waals surface area contributed by atoms with Crippen LogP contribution < -0.4 is 10.6 Å². The van der Waals surface area contributed by atoms with E-state index in [1.54, 1.807) is 6.92 Å². The van der Waals surface area contributed by atoms with Gasteiger partial charge in [-0.1, -0.05) is 0 Å². The maximum Gasteiger partial charge on any atom is 0.169 e. The summed E-state index contributed by atoms with van der Waals surface area (Å²) in [5, 5.41) is 5.30. The molecule has 7 heteroatoms. The molecule has 0 unspecified atom stereocenters. The van der Waals surface area contributed by atoms with Crippen molar-refractivity contribution < 1.29 is 13.2 Å². The number of hydrogen-bond donors (Lipinski definition) is 2. The number of pyridine rings is 1. The topological polar surface area (TPSA) is 37.0 Å². The van der Waals surface area contributed by atoms with Crippen molar-refractivity contribution in [3.63, 3.8) is 0 Å². The van der Waals surface area contributed by atoms with E-state index in [1.165, 1.54) is 18.2 Å². The normalized spacial score (nSPS) is 10.4. The number of nitrogens with zero attached hydrogens (tertiary/aromatic N) is 1. The second kappa shape index (κ2) is 6.13. The van der Waals surface area contributed by atoms with Gasteiger partial charge in [-0.15, -0.1) is 0 Å². The molecule has 3 nitrogen and oxygen atoms in total. The number of rotatable bonds is 4. The first-order chi connectivity index (χ1) is 9.51. The van der Waals surface area contributed by atoms with E-state index in [4.69, 9.17) is 0 Å². The van der Waals surface area contributed by atoms with Crippen LogP contribution in [0.3, 0.4) is 0 Å². The van der Waals surface area contributed by atoms with E-state index in [0.717, 1.165) is 6.07 Å². The summed E-state index contributed by atoms with van der Waals surface area (Å²) >= 11 is 3.21. The van der Waals surface area contributed by atoms with Crippen LogP contribution in [0.4, 0.5) is 30.5 Å². The zero-order valence-corrected chi connectivity index (χ0v) is 12.1. The van der Waals surface area contributed by atoms with Crippen LogP contribution in [0.2, 0.25) is 0 Å². The molecule has 0 spiro atoms. The van der Waals surface area contributed by atoms with Gasteiger partial charge in [0.1, 0.15) is 5.82 Å². The van der Waals surface area contributed by atoms with Crippen molar-refractivity contribution in [2.24, 2.45) is 0 Å². The summed E-state index contributed by atoms with van der Waals surface area (Å²) in [6.45, 7) is 2.21. The lowest BCUT2D eigenvalue weighted by atomic mass is 10.3. The van der Waals surface area contributed by atoms with Crippen molar-refractivity contribution in [1.29, 1.82) is 0 Å². The van der Waals surface area contributed by atoms with E-state index >= 15 is 0 Å². The molecule has 2 rings (SSSR count). The molecule has 0 fully saturated rings. The molecule has 0 aliphatic heterocycles. The number of nitrogens with one attached hydrogen (secondary N) is 2. The third-order valence-corrected chi connectivity index (χ3v) is 3.15. The van der Waals surface area contributed by atoms with Crippen LogP contribution in [0.25, 0.3) is 0 Å². The summed E-state index contributed by atoms with van der Waals surface area (Å²) in [6, 6.07) is 4.64. The van der Waals surface area contributed by atoms with Gasteiger partial charge in [0.2, 0.25) is 0 Å². The standard InChI is InChI=1S/C13H11BrF3N3/c1-2-18-12-9(16)6-10(17)13(20-12)19-11-5-7(15)3-4-8(11)14/h3-6H,2H2,1H3,(H2,18,19,20). The number of halogens is 4. The van der Waals surface area contributed by atoms with Crippen LogP contribution in [-0.4, -0.2) is 11.5 Å². The minimum Gasteiger partial charge on any atom is -0.368 e. The molecule has 0 radical (unpaired) electrons. The highest BCUT2D eigenvalue weighted by molar-refractivity contribution is 9.10. The zero-order chi connectivity index (χ0) is 14.7. The van der Waals surface area contributed by atoms with Gasteiger partial charge < -0.3 is 10.6 Å². The molecular formula is C13H11BrF3N3. The summed E-state index contributed by atoms with van der Waals surface area (Å²) in [6.07, 6.45) is 0. The number of hydrogen-bond acceptors (Lipinski definition) is 3. The first kappa shape index (κ1) is 14.6. The van der Waals surface area contributed by atoms with Crippen LogP contribution >= 0.6 is 15.9 Å². The van der Waals surface area contributed by atoms with E-state index in [2.05, 4.69) is 31.5 Å². The summed E-state index contributed by atoms with van der Waals surface area (Å²) in [5.74, 6) is -2.38. The molecule has 0 bridgehead atoms. The monoisotopic (exact) mass is 345 g/mol. The lowest BCUT2D eigenvalue weighted by Gasteiger charge is -2.11. The third-order valence-electron chi connectivity index (χ3n) is 2.46. The Bertz CT molecular complexity index is 634. The highest BCUT2D eigenvalue weighted by Crippen LogP contribution is 2.28. The molecule has 0 saturated heterocycles. The molecule has 1 aromatic carbocycles. The Hall–Kier alpha value is -1.76. The Morgan fingerprint density at radius 3 is 2.50 bits per heavy atom. The SMILES string of the molecule is CCNc1nc(Nc2cc(F)ccc2Br)c(F)cc1F. The van der Waals surface area contributed by atoms with E-state index in [1.807, 2.05) is 0 Å². The summed E-state index contributed by atoms with van der Waals surface area (Å²) in [7, 11) is 0. The van der Waals surface area contributed by atoms with E-state index in [0.29, 0.717) is 16.7 Å². The Balaban J connectivity index is 2.37. The second-order valence-electron chi connectivity index (χ2n) is 3.93. The smallest absolute Gasteiger partial charge is 0.169 e. The van der Waals surface area contributed by atoms with Crippen molar-refractivity contribution in [2.45, 2.75) is 6.92 Å². The maximum absolute atomic E-state index is 13.7. The predicted octanol–water partition coefficient (Wildman–Crippen LogP) is 4.44. The van der Waals surface area contributed by atoms with Crippen molar-refractivity contribution in [2.75, 3.05) is 17.2 Å². The maximum atomic E-state index is 13.7. The van der Waals surface area contributed by atoms with Crippen LogP contribution in [-0.2, 0) is 0 Å². The number of benzene rings is 1. The number of aromatic nitrogens is 1. The molecule has 0 aliphatic carbocycles. The zero-order valence-electron chi connectivity index (χ0n) is 10.5. The van der Waals surface area contributed by atoms with E-state index in [9.17, 15) is 13.2 Å². The lowest BCUT2D eigenvalue weighted by Crippen LogP contribution is -2.06. The van der Waals surface area contributed by atoms with Crippen LogP contribution in [0, 0.1) is 17.5 Å². The first-order valence-electron chi connectivity index (χ1n) is 5.83. The van der Waals surface area contributed by atoms with Gasteiger partial charge in [0.15, 0.2) is 23.3 Å². The summed E-state index contributed by atoms with van der Waals surface area (Å²) in [4.78, 5) is 3.81. The van der Waals surface area contributed by atoms with Gasteiger partial charge in [0, 0.05) is 17.1 Å². The Morgan fingerprint density at radius 2 is 1.80 bits per heavy atom. The predicted molar refractivity (Wildman–Crippen MR) is 75.7 cm³/mol. The largest absolute Gasteiger partial charge is 0.368 e. The van der Waals surface area contributed by atoms with Gasteiger partial charge in [0.25, 0.3) is 0 Å². The molecule has 1 aromatic heterocycles. The molecular weight excluding hydrogens is 335 g/mol. The first-order valence-corrected chi connectivity index (χ1v) is 6.62. The minimum absolute atomic E-state index is 0.0658. The average molecular weight is 346 g/mol. The average Bonchev–Trinajstić information content (AvgIpc) is 2.39. The van der Waals surface area contributed by atoms with Crippen LogP contribution in [0.5, 0.6) is 0 Å². The Morgan fingerprint density at radius 1 is 1.10 bits per heavy atom. The Labute approximate surface area is 122 Å². The lowest BCUT2D eigenvalue weighted by molar-refractivity contribution is 0.579. The van der Waals surface area contributed by atoms with Gasteiger partial charge in [-0.25, -0.2) is 18.2 Å². The molecule has 2 aromatic rings. The van der Waals surface area contributed by atoms with Crippen molar-refractivity contribution >= 4 is 33.3 Å². The molecule has 0 atom stereocenters. The van der Waals surface area contributed by atoms with Gasteiger partial charge >= 0.3 is 0 Å². The fourth-order valence-electron chi connectivity index (χ4n) is 1.57. The van der Waals surface area contributed by atoms with Gasteiger partial charge in [-0.3, -0.25) is 0 Å². The van der Waals surface area contributed by atoms with Crippen LogP contribution in [0.1, 0.15) is 6.92 Å². The van der Waals surface area contributed by atoms with Crippen LogP contribution in [0.15, 0.2) is 28.7 Å².